The molecule has 2 aliphatic rings. The summed E-state index contributed by atoms with van der Waals surface area (Å²) in [5.74, 6) is 1.13. The summed E-state index contributed by atoms with van der Waals surface area (Å²) >= 11 is 1.90. The molecule has 1 fully saturated rings. The van der Waals surface area contributed by atoms with E-state index in [0.29, 0.717) is 6.04 Å². The molecule has 0 aliphatic carbocycles. The van der Waals surface area contributed by atoms with E-state index in [9.17, 15) is 0 Å². The predicted molar refractivity (Wildman–Crippen MR) is 113 cm³/mol. The highest BCUT2D eigenvalue weighted by Gasteiger charge is 2.46. The lowest BCUT2D eigenvalue weighted by Gasteiger charge is -2.31. The van der Waals surface area contributed by atoms with Crippen LogP contribution in [0.4, 0.5) is 0 Å². The number of amidine groups is 1. The van der Waals surface area contributed by atoms with Gasteiger partial charge >= 0.3 is 0 Å². The number of aryl methyl sites for hydroxylation is 1. The van der Waals surface area contributed by atoms with Crippen LogP contribution in [0.1, 0.15) is 43.6 Å². The Bertz CT molecular complexity index is 994. The third-order valence-corrected chi connectivity index (χ3v) is 6.93. The zero-order chi connectivity index (χ0) is 18.4. The monoisotopic (exact) mass is 376 g/mol. The maximum absolute atomic E-state index is 5.15. The van der Waals surface area contributed by atoms with Crippen LogP contribution in [0.3, 0.4) is 0 Å². The molecule has 3 aromatic rings. The number of benzene rings is 1. The van der Waals surface area contributed by atoms with Crippen molar-refractivity contribution >= 4 is 27.8 Å². The van der Waals surface area contributed by atoms with Crippen molar-refractivity contribution in [1.29, 1.82) is 0 Å². The van der Waals surface area contributed by atoms with Gasteiger partial charge in [0.15, 0.2) is 5.17 Å². The molecule has 2 aliphatic heterocycles. The Morgan fingerprint density at radius 2 is 1.96 bits per heavy atom. The third-order valence-electron chi connectivity index (χ3n) is 5.81. The second-order valence-corrected chi connectivity index (χ2v) is 8.21. The fraction of sp³-hybridized carbons (Fsp3) is 0.364. The SMILES string of the molecule is CC[C@@H]1CSC2=N[C@H](c3ccccn3)[C@@H](c3cn(CC)c4ccccc34)N21. The van der Waals surface area contributed by atoms with E-state index in [0.717, 1.165) is 24.4 Å². The topological polar surface area (TPSA) is 33.4 Å². The Balaban J connectivity index is 1.70. The van der Waals surface area contributed by atoms with Gasteiger partial charge in [-0.25, -0.2) is 0 Å². The van der Waals surface area contributed by atoms with Crippen molar-refractivity contribution < 1.29 is 0 Å². The van der Waals surface area contributed by atoms with Gasteiger partial charge in [-0.05, 0) is 31.5 Å². The summed E-state index contributed by atoms with van der Waals surface area (Å²) in [6, 6.07) is 15.7. The first-order valence-corrected chi connectivity index (χ1v) is 10.8. The molecule has 5 heteroatoms. The summed E-state index contributed by atoms with van der Waals surface area (Å²) in [5.41, 5.74) is 3.75. The molecule has 3 atom stereocenters. The highest BCUT2D eigenvalue weighted by molar-refractivity contribution is 8.14. The average molecular weight is 377 g/mol. The summed E-state index contributed by atoms with van der Waals surface area (Å²) in [6.45, 7) is 5.47. The molecule has 1 saturated heterocycles. The Kier molecular flexibility index (Phi) is 4.20. The van der Waals surface area contributed by atoms with Crippen LogP contribution in [0.5, 0.6) is 0 Å². The molecule has 0 unspecified atom stereocenters. The van der Waals surface area contributed by atoms with Gasteiger partial charge in [-0.15, -0.1) is 0 Å². The second kappa shape index (κ2) is 6.71. The molecule has 0 spiro atoms. The number of hydrogen-bond acceptors (Lipinski definition) is 4. The summed E-state index contributed by atoms with van der Waals surface area (Å²) in [4.78, 5) is 12.4. The van der Waals surface area contributed by atoms with Crippen LogP contribution in [0, 0.1) is 0 Å². The van der Waals surface area contributed by atoms with Gasteiger partial charge in [0, 0.05) is 47.2 Å². The van der Waals surface area contributed by atoms with E-state index in [1.54, 1.807) is 0 Å². The van der Waals surface area contributed by atoms with Crippen molar-refractivity contribution in [3.05, 3.63) is 66.1 Å². The van der Waals surface area contributed by atoms with Crippen LogP contribution in [0.15, 0.2) is 59.9 Å². The van der Waals surface area contributed by atoms with Crippen LogP contribution in [-0.4, -0.2) is 31.4 Å². The molecular formula is C22H24N4S. The number of thioether (sulfide) groups is 1. The molecule has 0 bridgehead atoms. The van der Waals surface area contributed by atoms with E-state index in [2.05, 4.69) is 70.9 Å². The number of para-hydroxylation sites is 1. The lowest BCUT2D eigenvalue weighted by molar-refractivity contribution is 0.256. The second-order valence-electron chi connectivity index (χ2n) is 7.22. The summed E-state index contributed by atoms with van der Waals surface area (Å²) in [7, 11) is 0. The van der Waals surface area contributed by atoms with Gasteiger partial charge < -0.3 is 9.47 Å². The largest absolute Gasteiger partial charge is 0.347 e. The van der Waals surface area contributed by atoms with Crippen LogP contribution >= 0.6 is 11.8 Å². The van der Waals surface area contributed by atoms with Gasteiger partial charge in [0.25, 0.3) is 0 Å². The molecule has 0 saturated carbocycles. The van der Waals surface area contributed by atoms with Crippen molar-refractivity contribution in [2.24, 2.45) is 4.99 Å². The van der Waals surface area contributed by atoms with Crippen LogP contribution in [-0.2, 0) is 6.54 Å². The number of aliphatic imine (C=N–C) groups is 1. The van der Waals surface area contributed by atoms with Gasteiger partial charge in [-0.2, -0.15) is 0 Å². The molecular weight excluding hydrogens is 352 g/mol. The number of aromatic nitrogens is 2. The number of fused-ring (bicyclic) bond motifs is 2. The van der Waals surface area contributed by atoms with E-state index < -0.39 is 0 Å². The molecule has 4 nitrogen and oxygen atoms in total. The van der Waals surface area contributed by atoms with Crippen molar-refractivity contribution in [3.63, 3.8) is 0 Å². The molecule has 0 amide bonds. The zero-order valence-corrected chi connectivity index (χ0v) is 16.6. The Morgan fingerprint density at radius 1 is 1.11 bits per heavy atom. The Labute approximate surface area is 164 Å². The standard InChI is InChI=1S/C22H24N4S/c1-3-15-14-27-22-24-20(18-10-7-8-12-23-18)21(26(15)22)17-13-25(4-2)19-11-6-5-9-16(17)19/h5-13,15,20-21H,3-4,14H2,1-2H3/t15-,20-,21-/m1/s1. The van der Waals surface area contributed by atoms with Crippen LogP contribution in [0.2, 0.25) is 0 Å². The first-order valence-electron chi connectivity index (χ1n) is 9.79. The van der Waals surface area contributed by atoms with Crippen LogP contribution < -0.4 is 0 Å². The fourth-order valence-electron chi connectivity index (χ4n) is 4.46. The average Bonchev–Trinajstić information content (AvgIpc) is 3.39. The van der Waals surface area contributed by atoms with Gasteiger partial charge in [0.2, 0.25) is 0 Å². The maximum Gasteiger partial charge on any atom is 0.160 e. The minimum Gasteiger partial charge on any atom is -0.347 e. The lowest BCUT2D eigenvalue weighted by atomic mass is 9.95. The van der Waals surface area contributed by atoms with E-state index in [4.69, 9.17) is 4.99 Å². The van der Waals surface area contributed by atoms with Crippen molar-refractivity contribution in [1.82, 2.24) is 14.5 Å². The summed E-state index contributed by atoms with van der Waals surface area (Å²) in [6.07, 6.45) is 5.37. The molecule has 1 aromatic carbocycles. The van der Waals surface area contributed by atoms with Crippen molar-refractivity contribution in [3.8, 4) is 0 Å². The zero-order valence-electron chi connectivity index (χ0n) is 15.7. The van der Waals surface area contributed by atoms with E-state index in [-0.39, 0.29) is 12.1 Å². The van der Waals surface area contributed by atoms with E-state index >= 15 is 0 Å². The molecule has 0 radical (unpaired) electrons. The number of nitrogens with zero attached hydrogens (tertiary/aromatic N) is 4. The predicted octanol–water partition coefficient (Wildman–Crippen LogP) is 5.04. The molecule has 2 aromatic heterocycles. The third kappa shape index (κ3) is 2.59. The highest BCUT2D eigenvalue weighted by atomic mass is 32.2. The molecule has 0 N–H and O–H groups in total. The van der Waals surface area contributed by atoms with Gasteiger partial charge in [-0.3, -0.25) is 9.98 Å². The van der Waals surface area contributed by atoms with Gasteiger partial charge in [-0.1, -0.05) is 43.0 Å². The quantitative estimate of drug-likeness (QED) is 0.640. The minimum absolute atomic E-state index is 0.0548. The highest BCUT2D eigenvalue weighted by Crippen LogP contribution is 2.50. The normalized spacial score (nSPS) is 24.4. The molecule has 138 valence electrons. The van der Waals surface area contributed by atoms with Gasteiger partial charge in [0.1, 0.15) is 6.04 Å². The Hall–Kier alpha value is -2.27. The first-order chi connectivity index (χ1) is 13.3. The summed E-state index contributed by atoms with van der Waals surface area (Å²) in [5, 5.41) is 2.53. The van der Waals surface area contributed by atoms with Crippen molar-refractivity contribution in [2.75, 3.05) is 5.75 Å². The summed E-state index contributed by atoms with van der Waals surface area (Å²) < 4.78 is 2.36. The molecule has 27 heavy (non-hydrogen) atoms. The Morgan fingerprint density at radius 3 is 2.74 bits per heavy atom. The fourth-order valence-corrected chi connectivity index (χ4v) is 5.80. The molecule has 4 heterocycles. The van der Waals surface area contributed by atoms with Crippen LogP contribution in [0.25, 0.3) is 10.9 Å². The number of rotatable bonds is 4. The maximum atomic E-state index is 5.15. The van der Waals surface area contributed by atoms with E-state index in [1.165, 1.54) is 21.6 Å². The lowest BCUT2D eigenvalue weighted by Crippen LogP contribution is -2.35. The van der Waals surface area contributed by atoms with E-state index in [1.807, 2.05) is 24.0 Å². The number of pyridine rings is 1. The van der Waals surface area contributed by atoms with Gasteiger partial charge in [0.05, 0.1) is 11.7 Å². The number of hydrogen-bond donors (Lipinski definition) is 0. The first kappa shape index (κ1) is 16.9. The minimum atomic E-state index is 0.0548. The van der Waals surface area contributed by atoms with Crippen molar-refractivity contribution in [2.45, 2.75) is 44.9 Å². The smallest absolute Gasteiger partial charge is 0.160 e. The molecule has 5 rings (SSSR count).